The molecule has 1 unspecified atom stereocenters. The minimum Gasteiger partial charge on any atom is -0.353 e. The van der Waals surface area contributed by atoms with Gasteiger partial charge in [0, 0.05) is 24.7 Å². The summed E-state index contributed by atoms with van der Waals surface area (Å²) in [4.78, 5) is 17.6. The summed E-state index contributed by atoms with van der Waals surface area (Å²) in [7, 11) is 1.85. The molecule has 0 aliphatic carbocycles. The van der Waals surface area contributed by atoms with E-state index >= 15 is 0 Å². The van der Waals surface area contributed by atoms with Gasteiger partial charge in [0.1, 0.15) is 12.0 Å². The zero-order valence-corrected chi connectivity index (χ0v) is 13.0. The highest BCUT2D eigenvalue weighted by Crippen LogP contribution is 2.34. The smallest absolute Gasteiger partial charge is 0.333 e. The first kappa shape index (κ1) is 14.7. The summed E-state index contributed by atoms with van der Waals surface area (Å²) in [5.74, 6) is 0.956. The number of hydrogen-bond acceptors (Lipinski definition) is 6. The fourth-order valence-corrected chi connectivity index (χ4v) is 3.03. The maximum atomic E-state index is 11.2. The second kappa shape index (κ2) is 5.53. The standard InChI is InChI=1S/C14H20N6O2/c1-4-9(2)18-6-5-10-11(7-15-3)17-13-12(20(21)22)8-16-19(13)14(10)18/h8-9,15H,4-7H2,1-3H3. The lowest BCUT2D eigenvalue weighted by atomic mass is 10.2. The van der Waals surface area contributed by atoms with Crippen molar-refractivity contribution in [1.82, 2.24) is 19.9 Å². The molecule has 8 heteroatoms. The number of anilines is 1. The second-order valence-corrected chi connectivity index (χ2v) is 5.61. The minimum absolute atomic E-state index is 0.0452. The van der Waals surface area contributed by atoms with Crippen LogP contribution in [0.5, 0.6) is 0 Å². The van der Waals surface area contributed by atoms with Crippen molar-refractivity contribution in [3.8, 4) is 0 Å². The lowest BCUT2D eigenvalue weighted by molar-refractivity contribution is -0.383. The highest BCUT2D eigenvalue weighted by atomic mass is 16.6. The van der Waals surface area contributed by atoms with Crippen LogP contribution in [0.15, 0.2) is 6.20 Å². The van der Waals surface area contributed by atoms with Crippen LogP contribution in [0, 0.1) is 10.1 Å². The van der Waals surface area contributed by atoms with Crippen molar-refractivity contribution in [2.45, 2.75) is 39.3 Å². The van der Waals surface area contributed by atoms with Crippen molar-refractivity contribution in [2.75, 3.05) is 18.5 Å². The number of nitro groups is 1. The summed E-state index contributed by atoms with van der Waals surface area (Å²) in [6.07, 6.45) is 3.19. The van der Waals surface area contributed by atoms with Gasteiger partial charge in [-0.1, -0.05) is 6.92 Å². The van der Waals surface area contributed by atoms with Gasteiger partial charge in [0.05, 0.1) is 10.6 Å². The van der Waals surface area contributed by atoms with Crippen molar-refractivity contribution in [3.05, 3.63) is 27.6 Å². The first-order valence-corrected chi connectivity index (χ1v) is 7.53. The predicted octanol–water partition coefficient (Wildman–Crippen LogP) is 1.52. The number of rotatable bonds is 5. The Bertz CT molecular complexity index is 726. The molecule has 3 heterocycles. The molecule has 0 aromatic carbocycles. The molecular weight excluding hydrogens is 284 g/mol. The fraction of sp³-hybridized carbons (Fsp3) is 0.571. The van der Waals surface area contributed by atoms with Gasteiger partial charge in [-0.15, -0.1) is 0 Å². The molecule has 3 rings (SSSR count). The molecule has 1 aliphatic rings. The number of hydrogen-bond donors (Lipinski definition) is 1. The van der Waals surface area contributed by atoms with Gasteiger partial charge < -0.3 is 10.2 Å². The van der Waals surface area contributed by atoms with E-state index in [9.17, 15) is 10.1 Å². The van der Waals surface area contributed by atoms with E-state index < -0.39 is 4.92 Å². The molecular formula is C14H20N6O2. The van der Waals surface area contributed by atoms with Crippen molar-refractivity contribution >= 4 is 17.2 Å². The molecule has 2 aromatic rings. The first-order valence-electron chi connectivity index (χ1n) is 7.53. The van der Waals surface area contributed by atoms with Crippen LogP contribution in [-0.2, 0) is 13.0 Å². The van der Waals surface area contributed by atoms with Crippen molar-refractivity contribution in [1.29, 1.82) is 0 Å². The molecule has 0 amide bonds. The van der Waals surface area contributed by atoms with Crippen LogP contribution in [0.25, 0.3) is 5.65 Å². The lowest BCUT2D eigenvalue weighted by Gasteiger charge is -2.26. The number of nitrogens with zero attached hydrogens (tertiary/aromatic N) is 5. The zero-order chi connectivity index (χ0) is 15.9. The Hall–Kier alpha value is -2.22. The summed E-state index contributed by atoms with van der Waals surface area (Å²) in [5.41, 5.74) is 2.29. The van der Waals surface area contributed by atoms with Crippen LogP contribution >= 0.6 is 0 Å². The van der Waals surface area contributed by atoms with Crippen LogP contribution in [-0.4, -0.2) is 39.2 Å². The number of nitrogens with one attached hydrogen (secondary N) is 1. The van der Waals surface area contributed by atoms with Gasteiger partial charge in [0.15, 0.2) is 0 Å². The molecule has 0 fully saturated rings. The van der Waals surface area contributed by atoms with E-state index in [2.05, 4.69) is 34.1 Å². The molecule has 0 saturated heterocycles. The van der Waals surface area contributed by atoms with E-state index in [1.54, 1.807) is 4.52 Å². The SMILES string of the molecule is CCC(C)N1CCc2c(CNC)nc3c([N+](=O)[O-])cnn3c21. The summed E-state index contributed by atoms with van der Waals surface area (Å²) in [6.45, 7) is 5.79. The Morgan fingerprint density at radius 3 is 2.95 bits per heavy atom. The van der Waals surface area contributed by atoms with Crippen molar-refractivity contribution < 1.29 is 4.92 Å². The molecule has 0 radical (unpaired) electrons. The maximum Gasteiger partial charge on any atom is 0.333 e. The Kier molecular flexibility index (Phi) is 3.69. The van der Waals surface area contributed by atoms with Crippen molar-refractivity contribution in [2.24, 2.45) is 0 Å². The largest absolute Gasteiger partial charge is 0.353 e. The Morgan fingerprint density at radius 1 is 1.55 bits per heavy atom. The Morgan fingerprint density at radius 2 is 2.32 bits per heavy atom. The van der Waals surface area contributed by atoms with Gasteiger partial charge in [-0.3, -0.25) is 10.1 Å². The molecule has 8 nitrogen and oxygen atoms in total. The van der Waals surface area contributed by atoms with E-state index in [4.69, 9.17) is 0 Å². The van der Waals surface area contributed by atoms with Gasteiger partial charge in [-0.05, 0) is 26.8 Å². The third kappa shape index (κ3) is 2.10. The van der Waals surface area contributed by atoms with Crippen molar-refractivity contribution in [3.63, 3.8) is 0 Å². The van der Waals surface area contributed by atoms with Gasteiger partial charge in [-0.25, -0.2) is 4.98 Å². The van der Waals surface area contributed by atoms with E-state index in [-0.39, 0.29) is 5.69 Å². The quantitative estimate of drug-likeness (QED) is 0.665. The topological polar surface area (TPSA) is 88.6 Å². The van der Waals surface area contributed by atoms with Gasteiger partial charge >= 0.3 is 5.69 Å². The normalized spacial score (nSPS) is 15.3. The molecule has 1 atom stereocenters. The van der Waals surface area contributed by atoms with Gasteiger partial charge in [0.2, 0.25) is 5.65 Å². The van der Waals surface area contributed by atoms with E-state index in [0.29, 0.717) is 18.2 Å². The third-order valence-corrected chi connectivity index (χ3v) is 4.32. The van der Waals surface area contributed by atoms with Crippen LogP contribution in [0.3, 0.4) is 0 Å². The van der Waals surface area contributed by atoms with Crippen LogP contribution in [0.2, 0.25) is 0 Å². The molecule has 2 aromatic heterocycles. The summed E-state index contributed by atoms with van der Waals surface area (Å²) in [5, 5.41) is 18.5. The molecule has 0 spiro atoms. The Labute approximate surface area is 128 Å². The number of aromatic nitrogens is 3. The third-order valence-electron chi connectivity index (χ3n) is 4.32. The van der Waals surface area contributed by atoms with Crippen LogP contribution < -0.4 is 10.2 Å². The molecule has 1 N–H and O–H groups in total. The van der Waals surface area contributed by atoms with E-state index in [0.717, 1.165) is 36.5 Å². The first-order chi connectivity index (χ1) is 10.6. The molecule has 118 valence electrons. The molecule has 0 saturated carbocycles. The Balaban J connectivity index is 2.26. The zero-order valence-electron chi connectivity index (χ0n) is 13.0. The summed E-state index contributed by atoms with van der Waals surface area (Å²) in [6, 6.07) is 0.359. The molecule has 22 heavy (non-hydrogen) atoms. The van der Waals surface area contributed by atoms with Gasteiger partial charge in [0.25, 0.3) is 0 Å². The van der Waals surface area contributed by atoms with E-state index in [1.807, 2.05) is 7.05 Å². The average molecular weight is 304 g/mol. The molecule has 1 aliphatic heterocycles. The minimum atomic E-state index is -0.423. The maximum absolute atomic E-state index is 11.2. The average Bonchev–Trinajstić information content (AvgIpc) is 3.10. The highest BCUT2D eigenvalue weighted by molar-refractivity contribution is 5.67. The predicted molar refractivity (Wildman–Crippen MR) is 83.2 cm³/mol. The van der Waals surface area contributed by atoms with E-state index in [1.165, 1.54) is 6.20 Å². The lowest BCUT2D eigenvalue weighted by Crippen LogP contribution is -2.32. The fourth-order valence-electron chi connectivity index (χ4n) is 3.03. The van der Waals surface area contributed by atoms with Gasteiger partial charge in [-0.2, -0.15) is 9.61 Å². The molecule has 0 bridgehead atoms. The number of fused-ring (bicyclic) bond motifs is 3. The van der Waals surface area contributed by atoms with Crippen LogP contribution in [0.4, 0.5) is 11.5 Å². The monoisotopic (exact) mass is 304 g/mol. The summed E-state index contributed by atoms with van der Waals surface area (Å²) < 4.78 is 1.63. The van der Waals surface area contributed by atoms with Crippen LogP contribution in [0.1, 0.15) is 31.5 Å². The summed E-state index contributed by atoms with van der Waals surface area (Å²) >= 11 is 0. The second-order valence-electron chi connectivity index (χ2n) is 5.61. The highest BCUT2D eigenvalue weighted by Gasteiger charge is 2.31.